The van der Waals surface area contributed by atoms with Crippen molar-refractivity contribution < 1.29 is 22.7 Å². The monoisotopic (exact) mass is 344 g/mol. The van der Waals surface area contributed by atoms with Crippen molar-refractivity contribution in [2.75, 3.05) is 0 Å². The van der Waals surface area contributed by atoms with Gasteiger partial charge in [-0.1, -0.05) is 30.3 Å². The van der Waals surface area contributed by atoms with Gasteiger partial charge in [-0.05, 0) is 29.3 Å². The molecule has 2 aromatic carbocycles. The number of aromatic carboxylic acids is 1. The number of sulfonamides is 1. The molecule has 0 spiro atoms. The Kier molecular flexibility index (Phi) is 3.92. The Bertz CT molecular complexity index is 1010. The van der Waals surface area contributed by atoms with Crippen LogP contribution in [0.4, 0.5) is 0 Å². The van der Waals surface area contributed by atoms with Crippen LogP contribution in [0.2, 0.25) is 0 Å². The van der Waals surface area contributed by atoms with E-state index in [-0.39, 0.29) is 10.8 Å². The van der Waals surface area contributed by atoms with Crippen LogP contribution in [0.3, 0.4) is 0 Å². The number of nitrogens with zero attached hydrogens (tertiary/aromatic N) is 1. The molecule has 3 aromatic rings. The lowest BCUT2D eigenvalue weighted by Crippen LogP contribution is -2.11. The molecule has 0 radical (unpaired) electrons. The van der Waals surface area contributed by atoms with Crippen molar-refractivity contribution in [2.45, 2.75) is 4.90 Å². The number of carboxylic acids is 1. The van der Waals surface area contributed by atoms with Crippen molar-refractivity contribution in [3.8, 4) is 22.4 Å². The second-order valence-electron chi connectivity index (χ2n) is 4.99. The number of carbonyl (C=O) groups is 1. The second-order valence-corrected chi connectivity index (χ2v) is 6.55. The highest BCUT2D eigenvalue weighted by Gasteiger charge is 2.13. The fourth-order valence-electron chi connectivity index (χ4n) is 2.20. The SMILES string of the molecule is NS(=O)(=O)c1ccc(-c2cccc(-c3coc(C(=O)O)n3)c2)cc1. The van der Waals surface area contributed by atoms with E-state index in [1.54, 1.807) is 30.3 Å². The maximum atomic E-state index is 11.3. The Hall–Kier alpha value is -2.97. The molecule has 0 saturated carbocycles. The van der Waals surface area contributed by atoms with Gasteiger partial charge in [0.1, 0.15) is 12.0 Å². The van der Waals surface area contributed by atoms with Crippen LogP contribution in [-0.2, 0) is 10.0 Å². The molecule has 3 N–H and O–H groups in total. The predicted molar refractivity (Wildman–Crippen MR) is 85.7 cm³/mol. The minimum absolute atomic E-state index is 0.0324. The molecule has 0 unspecified atom stereocenters. The van der Waals surface area contributed by atoms with E-state index in [0.29, 0.717) is 11.3 Å². The van der Waals surface area contributed by atoms with Crippen molar-refractivity contribution in [1.29, 1.82) is 0 Å². The molecular formula is C16H12N2O5S. The molecule has 0 aliphatic carbocycles. The molecule has 8 heteroatoms. The van der Waals surface area contributed by atoms with Crippen molar-refractivity contribution in [3.05, 3.63) is 60.7 Å². The zero-order chi connectivity index (χ0) is 17.3. The van der Waals surface area contributed by atoms with Gasteiger partial charge in [0.2, 0.25) is 10.0 Å². The molecule has 0 atom stereocenters. The molecule has 3 rings (SSSR count). The van der Waals surface area contributed by atoms with Crippen LogP contribution in [0.15, 0.2) is 64.1 Å². The van der Waals surface area contributed by atoms with Crippen LogP contribution in [0.25, 0.3) is 22.4 Å². The standard InChI is InChI=1S/C16H12N2O5S/c17-24(21,22)13-6-4-10(5-7-13)11-2-1-3-12(8-11)14-9-23-15(18-14)16(19)20/h1-9H,(H,19,20)(H2,17,21,22). The van der Waals surface area contributed by atoms with E-state index >= 15 is 0 Å². The third-order valence-corrected chi connectivity index (χ3v) is 4.29. The smallest absolute Gasteiger partial charge is 0.392 e. The lowest BCUT2D eigenvalue weighted by Gasteiger charge is -2.05. The summed E-state index contributed by atoms with van der Waals surface area (Å²) in [6.07, 6.45) is 1.27. The first-order valence-corrected chi connectivity index (χ1v) is 8.32. The predicted octanol–water partition coefficient (Wildman–Crippen LogP) is 2.35. The number of hydrogen-bond acceptors (Lipinski definition) is 5. The summed E-state index contributed by atoms with van der Waals surface area (Å²) in [5, 5.41) is 13.9. The number of rotatable bonds is 4. The van der Waals surface area contributed by atoms with E-state index in [1.807, 2.05) is 6.07 Å². The molecule has 0 saturated heterocycles. The van der Waals surface area contributed by atoms with Crippen LogP contribution in [0, 0.1) is 0 Å². The maximum absolute atomic E-state index is 11.3. The van der Waals surface area contributed by atoms with Gasteiger partial charge in [-0.2, -0.15) is 0 Å². The van der Waals surface area contributed by atoms with Gasteiger partial charge in [-0.15, -0.1) is 0 Å². The van der Waals surface area contributed by atoms with E-state index in [4.69, 9.17) is 14.7 Å². The fraction of sp³-hybridized carbons (Fsp3) is 0. The molecule has 0 aliphatic rings. The molecule has 1 heterocycles. The fourth-order valence-corrected chi connectivity index (χ4v) is 2.72. The van der Waals surface area contributed by atoms with Gasteiger partial charge >= 0.3 is 11.9 Å². The number of nitrogens with two attached hydrogens (primary N) is 1. The molecule has 24 heavy (non-hydrogen) atoms. The summed E-state index contributed by atoms with van der Waals surface area (Å²) in [4.78, 5) is 14.8. The number of primary sulfonamides is 1. The van der Waals surface area contributed by atoms with Gasteiger partial charge < -0.3 is 9.52 Å². The summed E-state index contributed by atoms with van der Waals surface area (Å²) in [6.45, 7) is 0. The average Bonchev–Trinajstić information content (AvgIpc) is 3.05. The third kappa shape index (κ3) is 3.19. The zero-order valence-electron chi connectivity index (χ0n) is 12.2. The first-order chi connectivity index (χ1) is 11.3. The van der Waals surface area contributed by atoms with E-state index in [2.05, 4.69) is 4.98 Å². The Labute approximate surface area is 137 Å². The van der Waals surface area contributed by atoms with Gasteiger partial charge in [0, 0.05) is 5.56 Å². The molecule has 0 fully saturated rings. The number of oxazole rings is 1. The van der Waals surface area contributed by atoms with Crippen molar-refractivity contribution in [1.82, 2.24) is 4.98 Å². The van der Waals surface area contributed by atoms with E-state index in [0.717, 1.165) is 11.1 Å². The summed E-state index contributed by atoms with van der Waals surface area (Å²) in [5.41, 5.74) is 2.68. The summed E-state index contributed by atoms with van der Waals surface area (Å²) in [5.74, 6) is -1.62. The molecular weight excluding hydrogens is 332 g/mol. The zero-order valence-corrected chi connectivity index (χ0v) is 13.0. The number of carboxylic acid groups (broad SMARTS) is 1. The Morgan fingerprint density at radius 2 is 1.71 bits per heavy atom. The highest BCUT2D eigenvalue weighted by atomic mass is 32.2. The number of benzene rings is 2. The molecule has 0 aliphatic heterocycles. The molecule has 0 bridgehead atoms. The first-order valence-electron chi connectivity index (χ1n) is 6.77. The van der Waals surface area contributed by atoms with Crippen LogP contribution < -0.4 is 5.14 Å². The first kappa shape index (κ1) is 15.9. The summed E-state index contributed by atoms with van der Waals surface area (Å²) in [7, 11) is -3.74. The largest absolute Gasteiger partial charge is 0.474 e. The van der Waals surface area contributed by atoms with E-state index < -0.39 is 16.0 Å². The molecule has 0 amide bonds. The van der Waals surface area contributed by atoms with Crippen molar-refractivity contribution in [3.63, 3.8) is 0 Å². The third-order valence-electron chi connectivity index (χ3n) is 3.36. The highest BCUT2D eigenvalue weighted by Crippen LogP contribution is 2.26. The van der Waals surface area contributed by atoms with E-state index in [9.17, 15) is 13.2 Å². The highest BCUT2D eigenvalue weighted by molar-refractivity contribution is 7.89. The lowest BCUT2D eigenvalue weighted by molar-refractivity contribution is 0.0653. The average molecular weight is 344 g/mol. The van der Waals surface area contributed by atoms with Gasteiger partial charge in [-0.25, -0.2) is 23.3 Å². The lowest BCUT2D eigenvalue weighted by atomic mass is 10.0. The second kappa shape index (κ2) is 5.91. The quantitative estimate of drug-likeness (QED) is 0.749. The van der Waals surface area contributed by atoms with Gasteiger partial charge in [0.15, 0.2) is 0 Å². The Balaban J connectivity index is 1.97. The normalized spacial score (nSPS) is 11.4. The topological polar surface area (TPSA) is 123 Å². The minimum Gasteiger partial charge on any atom is -0.474 e. The summed E-state index contributed by atoms with van der Waals surface area (Å²) >= 11 is 0. The Morgan fingerprint density at radius 3 is 2.29 bits per heavy atom. The van der Waals surface area contributed by atoms with Gasteiger partial charge in [-0.3, -0.25) is 0 Å². The van der Waals surface area contributed by atoms with Crippen molar-refractivity contribution in [2.24, 2.45) is 5.14 Å². The number of hydrogen-bond donors (Lipinski definition) is 2. The van der Waals surface area contributed by atoms with Crippen LogP contribution in [-0.4, -0.2) is 24.5 Å². The van der Waals surface area contributed by atoms with E-state index in [1.165, 1.54) is 18.4 Å². The van der Waals surface area contributed by atoms with Crippen LogP contribution in [0.5, 0.6) is 0 Å². The summed E-state index contributed by atoms with van der Waals surface area (Å²) in [6, 6.07) is 13.3. The van der Waals surface area contributed by atoms with Gasteiger partial charge in [0.25, 0.3) is 0 Å². The van der Waals surface area contributed by atoms with Crippen LogP contribution in [0.1, 0.15) is 10.7 Å². The molecule has 1 aromatic heterocycles. The maximum Gasteiger partial charge on any atom is 0.392 e. The Morgan fingerprint density at radius 1 is 1.04 bits per heavy atom. The number of aromatic nitrogens is 1. The summed E-state index contributed by atoms with van der Waals surface area (Å²) < 4.78 is 27.5. The molecule has 7 nitrogen and oxygen atoms in total. The van der Waals surface area contributed by atoms with Crippen LogP contribution >= 0.6 is 0 Å². The van der Waals surface area contributed by atoms with Crippen molar-refractivity contribution >= 4 is 16.0 Å². The van der Waals surface area contributed by atoms with Gasteiger partial charge in [0.05, 0.1) is 4.90 Å². The minimum atomic E-state index is -3.74. The molecule has 122 valence electrons.